The minimum Gasteiger partial charge on any atom is -0.507 e. The highest BCUT2D eigenvalue weighted by Gasteiger charge is 2.33. The number of nitrogens with zero attached hydrogens (tertiary/aromatic N) is 1. The summed E-state index contributed by atoms with van der Waals surface area (Å²) < 4.78 is 0. The maximum absolute atomic E-state index is 12.5. The van der Waals surface area contributed by atoms with Crippen molar-refractivity contribution in [1.29, 1.82) is 0 Å². The first-order chi connectivity index (χ1) is 12.2. The van der Waals surface area contributed by atoms with Gasteiger partial charge in [-0.15, -0.1) is 0 Å². The van der Waals surface area contributed by atoms with Gasteiger partial charge in [-0.2, -0.15) is 0 Å². The van der Waals surface area contributed by atoms with Crippen LogP contribution in [-0.2, 0) is 0 Å². The van der Waals surface area contributed by atoms with Crippen molar-refractivity contribution < 1.29 is 19.6 Å². The predicted octanol–water partition coefficient (Wildman–Crippen LogP) is 3.26. The standard InChI is InChI=1S/C19H18N2O5/c1-10(2)18(23)13-9-14(22)16(19(24)11(3)20)15(17(13)21(25)26)12-7-5-4-6-8-12/h4-9,11,22H,1,20H2,2-3H3/t11-/m0/s1. The number of allylic oxidation sites excluding steroid dienone is 1. The Bertz CT molecular complexity index is 917. The first-order valence-corrected chi connectivity index (χ1v) is 7.76. The fourth-order valence-electron chi connectivity index (χ4n) is 2.61. The van der Waals surface area contributed by atoms with Crippen LogP contribution >= 0.6 is 0 Å². The van der Waals surface area contributed by atoms with Crippen LogP contribution in [0.2, 0.25) is 0 Å². The summed E-state index contributed by atoms with van der Waals surface area (Å²) in [7, 11) is 0. The summed E-state index contributed by atoms with van der Waals surface area (Å²) in [5.74, 6) is -1.90. The average molecular weight is 354 g/mol. The SMILES string of the molecule is C=C(C)C(=O)c1cc(O)c(C(=O)[C@H](C)N)c(-c2ccccc2)c1[N+](=O)[O-]. The first-order valence-electron chi connectivity index (χ1n) is 7.76. The quantitative estimate of drug-likeness (QED) is 0.355. The van der Waals surface area contributed by atoms with Crippen molar-refractivity contribution in [3.8, 4) is 16.9 Å². The second kappa shape index (κ2) is 7.28. The van der Waals surface area contributed by atoms with E-state index in [9.17, 15) is 24.8 Å². The lowest BCUT2D eigenvalue weighted by Gasteiger charge is -2.16. The van der Waals surface area contributed by atoms with Gasteiger partial charge in [0.15, 0.2) is 11.6 Å². The van der Waals surface area contributed by atoms with Crippen LogP contribution in [0.15, 0.2) is 48.6 Å². The number of ketones is 2. The van der Waals surface area contributed by atoms with Gasteiger partial charge in [-0.3, -0.25) is 19.7 Å². The second-order valence-electron chi connectivity index (χ2n) is 5.93. The molecule has 0 aliphatic carbocycles. The normalized spacial score (nSPS) is 11.7. The number of rotatable bonds is 6. The van der Waals surface area contributed by atoms with Crippen LogP contribution in [0.3, 0.4) is 0 Å². The Kier molecular flexibility index (Phi) is 5.33. The average Bonchev–Trinajstić information content (AvgIpc) is 2.59. The molecule has 26 heavy (non-hydrogen) atoms. The maximum Gasteiger partial charge on any atom is 0.289 e. The smallest absolute Gasteiger partial charge is 0.289 e. The van der Waals surface area contributed by atoms with E-state index < -0.39 is 34.0 Å². The number of carbonyl (C=O) groups is 2. The summed E-state index contributed by atoms with van der Waals surface area (Å²) in [6.45, 7) is 6.33. The molecule has 0 aliphatic rings. The Morgan fingerprint density at radius 2 is 1.85 bits per heavy atom. The molecular formula is C19H18N2O5. The number of nitro benzene ring substituents is 1. The number of phenols is 1. The molecule has 0 unspecified atom stereocenters. The van der Waals surface area contributed by atoms with E-state index in [0.717, 1.165) is 6.07 Å². The Balaban J connectivity index is 3.03. The monoisotopic (exact) mass is 354 g/mol. The van der Waals surface area contributed by atoms with Crippen molar-refractivity contribution in [1.82, 2.24) is 0 Å². The molecular weight excluding hydrogens is 336 g/mol. The number of carbonyl (C=O) groups excluding carboxylic acids is 2. The zero-order valence-corrected chi connectivity index (χ0v) is 14.4. The van der Waals surface area contributed by atoms with Gasteiger partial charge in [-0.1, -0.05) is 36.9 Å². The molecule has 134 valence electrons. The fraction of sp³-hybridized carbons (Fsp3) is 0.158. The molecule has 0 amide bonds. The molecule has 0 aliphatic heterocycles. The molecule has 0 heterocycles. The van der Waals surface area contributed by atoms with Gasteiger partial charge in [0.25, 0.3) is 5.69 Å². The fourth-order valence-corrected chi connectivity index (χ4v) is 2.61. The Hall–Kier alpha value is -3.32. The lowest BCUT2D eigenvalue weighted by Crippen LogP contribution is -2.27. The minimum atomic E-state index is -0.995. The highest BCUT2D eigenvalue weighted by molar-refractivity contribution is 6.16. The summed E-state index contributed by atoms with van der Waals surface area (Å²) in [6.07, 6.45) is 0. The van der Waals surface area contributed by atoms with E-state index in [0.29, 0.717) is 5.56 Å². The highest BCUT2D eigenvalue weighted by Crippen LogP contribution is 2.42. The molecule has 0 aromatic heterocycles. The van der Waals surface area contributed by atoms with E-state index in [1.807, 2.05) is 0 Å². The zero-order chi connectivity index (χ0) is 19.6. The van der Waals surface area contributed by atoms with Gasteiger partial charge in [0.1, 0.15) is 11.3 Å². The number of Topliss-reactive ketones (excluding diaryl/α,β-unsaturated/α-hetero) is 2. The van der Waals surface area contributed by atoms with Gasteiger partial charge in [-0.05, 0) is 31.1 Å². The van der Waals surface area contributed by atoms with Gasteiger partial charge in [-0.25, -0.2) is 0 Å². The number of nitrogens with two attached hydrogens (primary N) is 1. The molecule has 0 radical (unpaired) electrons. The molecule has 7 heteroatoms. The highest BCUT2D eigenvalue weighted by atomic mass is 16.6. The number of benzene rings is 2. The van der Waals surface area contributed by atoms with Gasteiger partial charge in [0.2, 0.25) is 0 Å². The number of nitro groups is 1. The van der Waals surface area contributed by atoms with Crippen molar-refractivity contribution in [2.45, 2.75) is 19.9 Å². The van der Waals surface area contributed by atoms with E-state index in [4.69, 9.17) is 5.73 Å². The third-order valence-corrected chi connectivity index (χ3v) is 3.82. The number of phenolic OH excluding ortho intramolecular Hbond substituents is 1. The molecule has 0 spiro atoms. The van der Waals surface area contributed by atoms with Crippen LogP contribution in [0, 0.1) is 10.1 Å². The molecule has 0 fully saturated rings. The maximum atomic E-state index is 12.5. The number of hydrogen-bond acceptors (Lipinski definition) is 6. The third-order valence-electron chi connectivity index (χ3n) is 3.82. The summed E-state index contributed by atoms with van der Waals surface area (Å²) in [6, 6.07) is 7.99. The van der Waals surface area contributed by atoms with Crippen LogP contribution in [-0.4, -0.2) is 27.6 Å². The summed E-state index contributed by atoms with van der Waals surface area (Å²) >= 11 is 0. The Labute approximate surface area is 149 Å². The summed E-state index contributed by atoms with van der Waals surface area (Å²) in [5.41, 5.74) is 4.71. The molecule has 0 saturated heterocycles. The van der Waals surface area contributed by atoms with Gasteiger partial charge >= 0.3 is 0 Å². The van der Waals surface area contributed by atoms with Crippen molar-refractivity contribution in [3.63, 3.8) is 0 Å². The summed E-state index contributed by atoms with van der Waals surface area (Å²) in [5, 5.41) is 22.2. The largest absolute Gasteiger partial charge is 0.507 e. The van der Waals surface area contributed by atoms with E-state index in [1.165, 1.54) is 13.8 Å². The molecule has 2 rings (SSSR count). The van der Waals surface area contributed by atoms with Crippen LogP contribution in [0.5, 0.6) is 5.75 Å². The van der Waals surface area contributed by atoms with E-state index in [2.05, 4.69) is 6.58 Å². The van der Waals surface area contributed by atoms with E-state index in [-0.39, 0.29) is 22.3 Å². The second-order valence-corrected chi connectivity index (χ2v) is 5.93. The summed E-state index contributed by atoms with van der Waals surface area (Å²) in [4.78, 5) is 36.0. The van der Waals surface area contributed by atoms with Crippen molar-refractivity contribution in [2.75, 3.05) is 0 Å². The van der Waals surface area contributed by atoms with Crippen molar-refractivity contribution >= 4 is 17.3 Å². The van der Waals surface area contributed by atoms with Crippen LogP contribution in [0.4, 0.5) is 5.69 Å². The zero-order valence-electron chi connectivity index (χ0n) is 14.4. The third kappa shape index (κ3) is 3.38. The predicted molar refractivity (Wildman–Crippen MR) is 97.3 cm³/mol. The lowest BCUT2D eigenvalue weighted by atomic mass is 9.88. The van der Waals surface area contributed by atoms with E-state index >= 15 is 0 Å². The Morgan fingerprint density at radius 3 is 2.31 bits per heavy atom. The van der Waals surface area contributed by atoms with E-state index in [1.54, 1.807) is 30.3 Å². The van der Waals surface area contributed by atoms with Gasteiger partial charge in [0, 0.05) is 0 Å². The Morgan fingerprint density at radius 1 is 1.27 bits per heavy atom. The number of aromatic hydroxyl groups is 1. The topological polar surface area (TPSA) is 124 Å². The first kappa shape index (κ1) is 19.0. The molecule has 1 atom stereocenters. The molecule has 3 N–H and O–H groups in total. The number of hydrogen-bond donors (Lipinski definition) is 2. The lowest BCUT2D eigenvalue weighted by molar-refractivity contribution is -0.384. The van der Waals surface area contributed by atoms with Crippen molar-refractivity contribution in [2.24, 2.45) is 5.73 Å². The van der Waals surface area contributed by atoms with Crippen LogP contribution < -0.4 is 5.73 Å². The van der Waals surface area contributed by atoms with Gasteiger partial charge in [0.05, 0.1) is 22.1 Å². The van der Waals surface area contributed by atoms with Crippen LogP contribution in [0.25, 0.3) is 11.1 Å². The van der Waals surface area contributed by atoms with Crippen molar-refractivity contribution in [3.05, 3.63) is 69.8 Å². The molecule has 2 aromatic carbocycles. The van der Waals surface area contributed by atoms with Gasteiger partial charge < -0.3 is 10.8 Å². The molecule has 0 bridgehead atoms. The molecule has 2 aromatic rings. The minimum absolute atomic E-state index is 0.0674. The molecule has 7 nitrogen and oxygen atoms in total. The molecule has 0 saturated carbocycles. The van der Waals surface area contributed by atoms with Crippen LogP contribution in [0.1, 0.15) is 34.6 Å².